The molecular formula is C47H81O14P. The Morgan fingerprint density at radius 1 is 0.581 bits per heavy atom. The van der Waals surface area contributed by atoms with E-state index in [4.69, 9.17) is 23.3 Å². The summed E-state index contributed by atoms with van der Waals surface area (Å²) < 4.78 is 39.3. The number of ether oxygens (including phenoxy) is 3. The first-order chi connectivity index (χ1) is 29.9. The number of hydrogen-bond acceptors (Lipinski definition) is 13. The molecule has 0 spiro atoms. The van der Waals surface area contributed by atoms with Crippen LogP contribution < -0.4 is 0 Å². The molecular weight excluding hydrogens is 819 g/mol. The average molecular weight is 901 g/mol. The Balaban J connectivity index is 1.74. The van der Waals surface area contributed by atoms with Crippen LogP contribution >= 0.6 is 7.82 Å². The molecule has 2 aliphatic rings. The van der Waals surface area contributed by atoms with E-state index < -0.39 is 75.7 Å². The molecule has 1 aliphatic heterocycles. The SMILES string of the molecule is CCCCC/C=C\C/C=C\C/C=C\CC1OC1CCCC(=O)OC[C@H](COP(=O)(O)OC1[C@H](O)[C@H](O)C(O)[C@H](O)[C@H]1O)OC(=O)CCCCCCCCC/C=C\CCCCCC. The number of phosphoric acid groups is 1. The van der Waals surface area contributed by atoms with Crippen molar-refractivity contribution in [2.75, 3.05) is 13.2 Å². The Morgan fingerprint density at radius 3 is 1.69 bits per heavy atom. The number of aliphatic hydroxyl groups excluding tert-OH is 5. The van der Waals surface area contributed by atoms with Crippen molar-refractivity contribution < 1.29 is 67.8 Å². The van der Waals surface area contributed by atoms with Crippen LogP contribution in [0.4, 0.5) is 0 Å². The quantitative estimate of drug-likeness (QED) is 0.0114. The lowest BCUT2D eigenvalue weighted by molar-refractivity contribution is -0.220. The molecule has 2 rings (SSSR count). The summed E-state index contributed by atoms with van der Waals surface area (Å²) in [4.78, 5) is 35.8. The van der Waals surface area contributed by atoms with Crippen LogP contribution in [-0.4, -0.2) is 111 Å². The standard InChI is InChI=1S/C47H81O14P/c1-3-5-7-9-11-13-15-17-18-19-21-23-25-27-29-33-41(49)59-37(36-58-62(55,56)61-47-45(53)43(51)42(50)44(52)46(47)54)35-57-40(48)34-30-32-39-38(60-39)31-28-26-24-22-20-16-14-12-10-8-6-4-2/h12-15,20,22,26,28,37-39,42-47,50-54H,3-11,16-19,21,23-25,27,29-36H2,1-2H3,(H,55,56)/b14-12-,15-13-,22-20-,28-26-/t37-,38?,39?,42?,43-,44+,45-,46-,47?/m1/s1. The number of allylic oxidation sites excluding steroid dienone is 7. The van der Waals surface area contributed by atoms with Crippen LogP contribution in [-0.2, 0) is 37.4 Å². The molecule has 5 unspecified atom stereocenters. The minimum atomic E-state index is -5.14. The Hall–Kier alpha value is -2.23. The van der Waals surface area contributed by atoms with Crippen LogP contribution in [0.15, 0.2) is 48.6 Å². The van der Waals surface area contributed by atoms with E-state index in [1.54, 1.807) is 0 Å². The number of unbranched alkanes of at least 4 members (excludes halogenated alkanes) is 14. The summed E-state index contributed by atoms with van der Waals surface area (Å²) in [7, 11) is -5.14. The van der Waals surface area contributed by atoms with Gasteiger partial charge in [-0.1, -0.05) is 127 Å². The Bertz CT molecular complexity index is 1340. The van der Waals surface area contributed by atoms with Gasteiger partial charge in [-0.2, -0.15) is 0 Å². The van der Waals surface area contributed by atoms with Gasteiger partial charge >= 0.3 is 19.8 Å². The topological polar surface area (TPSA) is 222 Å². The van der Waals surface area contributed by atoms with Gasteiger partial charge < -0.3 is 44.6 Å². The molecule has 14 nitrogen and oxygen atoms in total. The summed E-state index contributed by atoms with van der Waals surface area (Å²) in [6.45, 7) is 3.19. The van der Waals surface area contributed by atoms with E-state index in [0.29, 0.717) is 19.3 Å². The largest absolute Gasteiger partial charge is 0.472 e. The molecule has 1 saturated heterocycles. The molecule has 15 heteroatoms. The highest BCUT2D eigenvalue weighted by Crippen LogP contribution is 2.47. The van der Waals surface area contributed by atoms with E-state index in [-0.39, 0.29) is 25.0 Å². The fraction of sp³-hybridized carbons (Fsp3) is 0.787. The number of rotatable bonds is 37. The molecule has 0 bridgehead atoms. The lowest BCUT2D eigenvalue weighted by Crippen LogP contribution is -2.64. The molecule has 1 heterocycles. The summed E-state index contributed by atoms with van der Waals surface area (Å²) in [5.74, 6) is -1.18. The van der Waals surface area contributed by atoms with Gasteiger partial charge in [-0.15, -0.1) is 0 Å². The van der Waals surface area contributed by atoms with Crippen LogP contribution in [0.2, 0.25) is 0 Å². The van der Waals surface area contributed by atoms with Gasteiger partial charge in [0, 0.05) is 12.8 Å². The molecule has 2 fully saturated rings. The molecule has 0 radical (unpaired) electrons. The lowest BCUT2D eigenvalue weighted by atomic mass is 9.85. The van der Waals surface area contributed by atoms with E-state index in [1.807, 2.05) is 0 Å². The van der Waals surface area contributed by atoms with Crippen LogP contribution in [0.25, 0.3) is 0 Å². The van der Waals surface area contributed by atoms with Gasteiger partial charge in [0.2, 0.25) is 0 Å². The number of hydrogen-bond donors (Lipinski definition) is 6. The molecule has 10 atom stereocenters. The zero-order valence-electron chi connectivity index (χ0n) is 37.6. The normalized spacial score (nSPS) is 25.5. The fourth-order valence-corrected chi connectivity index (χ4v) is 8.11. The first-order valence-electron chi connectivity index (χ1n) is 23.6. The third-order valence-corrected chi connectivity index (χ3v) is 12.1. The van der Waals surface area contributed by atoms with Crippen LogP contribution in [0.1, 0.15) is 168 Å². The number of phosphoric ester groups is 1. The van der Waals surface area contributed by atoms with Gasteiger partial charge in [-0.25, -0.2) is 4.57 Å². The predicted molar refractivity (Wildman–Crippen MR) is 239 cm³/mol. The van der Waals surface area contributed by atoms with Crippen LogP contribution in [0.3, 0.4) is 0 Å². The Kier molecular flexibility index (Phi) is 30.8. The molecule has 0 aromatic heterocycles. The van der Waals surface area contributed by atoms with Crippen molar-refractivity contribution in [3.63, 3.8) is 0 Å². The number of epoxide rings is 1. The van der Waals surface area contributed by atoms with Gasteiger partial charge in [-0.3, -0.25) is 18.6 Å². The maximum atomic E-state index is 12.8. The van der Waals surface area contributed by atoms with Crippen molar-refractivity contribution in [2.24, 2.45) is 0 Å². The maximum absolute atomic E-state index is 12.8. The number of esters is 2. The van der Waals surface area contributed by atoms with Crippen LogP contribution in [0, 0.1) is 0 Å². The second-order valence-electron chi connectivity index (χ2n) is 16.6. The van der Waals surface area contributed by atoms with Crippen molar-refractivity contribution in [1.82, 2.24) is 0 Å². The van der Waals surface area contributed by atoms with Gasteiger partial charge in [-0.05, 0) is 77.0 Å². The number of carbonyl (C=O) groups is 2. The lowest BCUT2D eigenvalue weighted by Gasteiger charge is -2.41. The first kappa shape index (κ1) is 55.9. The van der Waals surface area contributed by atoms with Crippen molar-refractivity contribution in [3.8, 4) is 0 Å². The third-order valence-electron chi connectivity index (χ3n) is 11.1. The molecule has 0 aromatic carbocycles. The minimum Gasteiger partial charge on any atom is -0.462 e. The highest BCUT2D eigenvalue weighted by molar-refractivity contribution is 7.47. The summed E-state index contributed by atoms with van der Waals surface area (Å²) in [5, 5.41) is 50.2. The van der Waals surface area contributed by atoms with Crippen LogP contribution in [0.5, 0.6) is 0 Å². The maximum Gasteiger partial charge on any atom is 0.472 e. The van der Waals surface area contributed by atoms with Crippen molar-refractivity contribution in [2.45, 2.75) is 223 Å². The predicted octanol–water partition coefficient (Wildman–Crippen LogP) is 8.16. The molecule has 1 aliphatic carbocycles. The van der Waals surface area contributed by atoms with E-state index in [1.165, 1.54) is 44.9 Å². The van der Waals surface area contributed by atoms with Gasteiger partial charge in [0.15, 0.2) is 6.10 Å². The van der Waals surface area contributed by atoms with Crippen molar-refractivity contribution >= 4 is 19.8 Å². The fourth-order valence-electron chi connectivity index (χ4n) is 7.13. The van der Waals surface area contributed by atoms with E-state index in [2.05, 4.69) is 62.5 Å². The number of aliphatic hydroxyl groups is 5. The second-order valence-corrected chi connectivity index (χ2v) is 18.0. The Labute approximate surface area is 371 Å². The highest BCUT2D eigenvalue weighted by Gasteiger charge is 2.51. The number of carbonyl (C=O) groups excluding carboxylic acids is 2. The summed E-state index contributed by atoms with van der Waals surface area (Å²) in [6, 6.07) is 0. The van der Waals surface area contributed by atoms with E-state index in [0.717, 1.165) is 77.0 Å². The smallest absolute Gasteiger partial charge is 0.462 e. The second kappa shape index (κ2) is 34.2. The minimum absolute atomic E-state index is 0.0606. The monoisotopic (exact) mass is 901 g/mol. The van der Waals surface area contributed by atoms with Gasteiger partial charge in [0.25, 0.3) is 0 Å². The Morgan fingerprint density at radius 2 is 1.06 bits per heavy atom. The summed E-state index contributed by atoms with van der Waals surface area (Å²) >= 11 is 0. The zero-order valence-corrected chi connectivity index (χ0v) is 38.5. The first-order valence-corrected chi connectivity index (χ1v) is 25.1. The molecule has 0 aromatic rings. The third kappa shape index (κ3) is 25.9. The van der Waals surface area contributed by atoms with Gasteiger partial charge in [0.1, 0.15) is 43.2 Å². The molecule has 0 amide bonds. The molecule has 1 saturated carbocycles. The van der Waals surface area contributed by atoms with Gasteiger partial charge in [0.05, 0.1) is 18.8 Å². The highest BCUT2D eigenvalue weighted by atomic mass is 31.2. The molecule has 62 heavy (non-hydrogen) atoms. The average Bonchev–Trinajstić information content (AvgIpc) is 4.01. The van der Waals surface area contributed by atoms with Crippen molar-refractivity contribution in [1.29, 1.82) is 0 Å². The molecule has 358 valence electrons. The molecule has 6 N–H and O–H groups in total. The van der Waals surface area contributed by atoms with Crippen molar-refractivity contribution in [3.05, 3.63) is 48.6 Å². The zero-order chi connectivity index (χ0) is 45.4. The summed E-state index contributed by atoms with van der Waals surface area (Å²) in [5.41, 5.74) is 0. The van der Waals surface area contributed by atoms with E-state index >= 15 is 0 Å². The van der Waals surface area contributed by atoms with E-state index in [9.17, 15) is 44.6 Å². The summed E-state index contributed by atoms with van der Waals surface area (Å²) in [6.07, 6.45) is 27.5.